The number of carbonyl (C=O) groups excluding carboxylic acids is 1. The maximum atomic E-state index is 10.1. The highest BCUT2D eigenvalue weighted by molar-refractivity contribution is 5.83. The van der Waals surface area contributed by atoms with Crippen LogP contribution in [-0.4, -0.2) is 98.5 Å². The summed E-state index contributed by atoms with van der Waals surface area (Å²) in [7, 11) is 0. The molecule has 1 amide bonds. The highest BCUT2D eigenvalue weighted by atomic mass is 16.4. The van der Waals surface area contributed by atoms with Crippen molar-refractivity contribution >= 4 is 35.8 Å². The first-order chi connectivity index (χ1) is 17.4. The monoisotopic (exact) mass is 557 g/mol. The predicted octanol–water partition coefficient (Wildman–Crippen LogP) is -3.80. The Morgan fingerprint density at radius 3 is 0.947 bits per heavy atom. The van der Waals surface area contributed by atoms with Gasteiger partial charge in [0.25, 0.3) is 0 Å². The minimum absolute atomic E-state index is 0.310. The topological polar surface area (TPSA) is 386 Å². The van der Waals surface area contributed by atoms with E-state index in [9.17, 15) is 28.8 Å². The van der Waals surface area contributed by atoms with E-state index in [1.165, 1.54) is 0 Å². The van der Waals surface area contributed by atoms with Crippen LogP contribution in [0, 0.1) is 0 Å². The fourth-order valence-electron chi connectivity index (χ4n) is 1.84. The van der Waals surface area contributed by atoms with Gasteiger partial charge in [0.2, 0.25) is 5.91 Å². The average Bonchev–Trinajstić information content (AvgIpc) is 2.79. The number of nitrogens with two attached hydrogens (primary N) is 7. The molecule has 0 aliphatic rings. The van der Waals surface area contributed by atoms with Crippen LogP contribution < -0.4 is 40.1 Å². The van der Waals surface area contributed by atoms with Gasteiger partial charge in [0, 0.05) is 0 Å². The number of carbonyl (C=O) groups is 6. The zero-order valence-corrected chi connectivity index (χ0v) is 21.1. The number of carboxylic acids is 5. The number of unbranched alkanes of at least 4 members (excludes halogenated alkanes) is 2. The first kappa shape index (κ1) is 41.7. The van der Waals surface area contributed by atoms with Crippen LogP contribution in [0.25, 0.3) is 0 Å². The van der Waals surface area contributed by atoms with Gasteiger partial charge in [0.05, 0.1) is 12.8 Å². The summed E-state index contributed by atoms with van der Waals surface area (Å²) in [4.78, 5) is 59.8. The molecule has 0 saturated carbocycles. The Morgan fingerprint density at radius 1 is 0.500 bits per heavy atom. The molecule has 4 atom stereocenters. The number of primary amides is 1. The molecule has 0 unspecified atom stereocenters. The summed E-state index contributed by atoms with van der Waals surface area (Å²) in [5.41, 5.74) is 35.2. The molecule has 0 heterocycles. The van der Waals surface area contributed by atoms with Crippen molar-refractivity contribution in [1.82, 2.24) is 0 Å². The molecular weight excluding hydrogens is 514 g/mol. The summed E-state index contributed by atoms with van der Waals surface area (Å²) in [5.74, 6) is -6.28. The van der Waals surface area contributed by atoms with Crippen molar-refractivity contribution in [3.05, 3.63) is 0 Å². The molecule has 0 spiro atoms. The summed E-state index contributed by atoms with van der Waals surface area (Å²) >= 11 is 0. The second-order valence-corrected chi connectivity index (χ2v) is 7.62. The first-order valence-corrected chi connectivity index (χ1v) is 11.3. The minimum atomic E-state index is -1.29. The number of carboxylic acid groups (broad SMARTS) is 5. The molecule has 0 bridgehead atoms. The molecule has 0 aliphatic heterocycles. The molecule has 38 heavy (non-hydrogen) atoms. The zero-order chi connectivity index (χ0) is 30.8. The van der Waals surface area contributed by atoms with Crippen molar-refractivity contribution in [2.45, 2.75) is 75.5 Å². The fraction of sp³-hybridized carbons (Fsp3) is 0.700. The highest BCUT2D eigenvalue weighted by Crippen LogP contribution is 1.97. The van der Waals surface area contributed by atoms with Gasteiger partial charge in [-0.25, -0.2) is 0 Å². The molecule has 0 radical (unpaired) electrons. The Balaban J connectivity index is -0.000000203. The summed E-state index contributed by atoms with van der Waals surface area (Å²) in [5, 5.41) is 40.8. The third kappa shape index (κ3) is 34.7. The van der Waals surface area contributed by atoms with E-state index in [1.807, 2.05) is 0 Å². The van der Waals surface area contributed by atoms with E-state index in [-0.39, 0.29) is 6.42 Å². The molecule has 0 saturated heterocycles. The maximum Gasteiger partial charge on any atom is 0.321 e. The van der Waals surface area contributed by atoms with Crippen molar-refractivity contribution in [1.29, 1.82) is 0 Å². The summed E-state index contributed by atoms with van der Waals surface area (Å²) in [6.07, 6.45) is 3.49. The van der Waals surface area contributed by atoms with E-state index in [4.69, 9.17) is 59.9 Å². The SMILES string of the molecule is NC(=O)C[C@H](N)C(=O)O.NCCCC[C@H](N)C(=O)O.NCCCC[C@H](N)C(=O)O.N[C@@H](CC(=O)O)C(=O)O. The lowest BCUT2D eigenvalue weighted by Crippen LogP contribution is -2.34. The van der Waals surface area contributed by atoms with Crippen LogP contribution in [0.15, 0.2) is 0 Å². The fourth-order valence-corrected chi connectivity index (χ4v) is 1.84. The minimum Gasteiger partial charge on any atom is -0.481 e. The Labute approximate surface area is 219 Å². The normalized spacial score (nSPS) is 12.8. The van der Waals surface area contributed by atoms with Crippen LogP contribution in [0.3, 0.4) is 0 Å². The van der Waals surface area contributed by atoms with Crippen molar-refractivity contribution < 1.29 is 54.3 Å². The predicted molar refractivity (Wildman–Crippen MR) is 134 cm³/mol. The molecule has 0 fully saturated rings. The lowest BCUT2D eigenvalue weighted by Gasteiger charge is -2.03. The molecular formula is C20H43N7O11. The number of rotatable bonds is 16. The molecule has 0 aromatic rings. The molecule has 18 heteroatoms. The van der Waals surface area contributed by atoms with Gasteiger partial charge >= 0.3 is 29.8 Å². The lowest BCUT2D eigenvalue weighted by molar-refractivity contribution is -0.144. The third-order valence-corrected chi connectivity index (χ3v) is 4.02. The van der Waals surface area contributed by atoms with Crippen molar-refractivity contribution in [2.24, 2.45) is 40.1 Å². The standard InChI is InChI=1S/2C6H14N2O2.C4H8N2O3.C4H7NO4/c2*7-4-2-1-3-5(8)6(9)10;2*5-2(4(8)9)1-3(6)7/h2*5H,1-4,7-8H2,(H,9,10);2H,1,5H2,(H2,6,7)(H,8,9);2H,1,5H2,(H,6,7)(H,8,9)/t2*5-;2*2-/m0000/s1. The number of hydrogen-bond acceptors (Lipinski definition) is 12. The largest absolute Gasteiger partial charge is 0.481 e. The molecule has 224 valence electrons. The highest BCUT2D eigenvalue weighted by Gasteiger charge is 2.15. The number of amides is 1. The Morgan fingerprint density at radius 2 is 0.789 bits per heavy atom. The van der Waals surface area contributed by atoms with E-state index in [0.717, 1.165) is 25.7 Å². The van der Waals surface area contributed by atoms with Crippen LogP contribution >= 0.6 is 0 Å². The number of aliphatic carboxylic acids is 5. The van der Waals surface area contributed by atoms with Gasteiger partial charge in [-0.05, 0) is 38.8 Å². The second kappa shape index (κ2) is 26.6. The van der Waals surface area contributed by atoms with E-state index < -0.39 is 66.3 Å². The lowest BCUT2D eigenvalue weighted by atomic mass is 10.1. The van der Waals surface area contributed by atoms with Crippen LogP contribution in [0.4, 0.5) is 0 Å². The van der Waals surface area contributed by atoms with Gasteiger partial charge in [-0.15, -0.1) is 0 Å². The molecule has 0 aromatic heterocycles. The summed E-state index contributed by atoms with van der Waals surface area (Å²) < 4.78 is 0. The smallest absolute Gasteiger partial charge is 0.321 e. The molecule has 0 rings (SSSR count). The molecule has 0 aromatic carbocycles. The third-order valence-electron chi connectivity index (χ3n) is 4.02. The molecule has 0 aliphatic carbocycles. The van der Waals surface area contributed by atoms with Gasteiger partial charge in [0.15, 0.2) is 0 Å². The number of hydrogen-bond donors (Lipinski definition) is 12. The van der Waals surface area contributed by atoms with E-state index in [2.05, 4.69) is 5.73 Å². The average molecular weight is 558 g/mol. The summed E-state index contributed by atoms with van der Waals surface area (Å²) in [6, 6.07) is -3.89. The van der Waals surface area contributed by atoms with Crippen molar-refractivity contribution in [3.63, 3.8) is 0 Å². The Hall–Kier alpha value is -3.42. The van der Waals surface area contributed by atoms with E-state index >= 15 is 0 Å². The van der Waals surface area contributed by atoms with E-state index in [1.54, 1.807) is 0 Å². The van der Waals surface area contributed by atoms with Gasteiger partial charge in [0.1, 0.15) is 24.2 Å². The Kier molecular flexibility index (Phi) is 29.2. The maximum absolute atomic E-state index is 10.1. The Bertz CT molecular complexity index is 653. The van der Waals surface area contributed by atoms with Gasteiger partial charge in [-0.1, -0.05) is 12.8 Å². The van der Waals surface area contributed by atoms with Gasteiger partial charge in [-0.2, -0.15) is 0 Å². The van der Waals surface area contributed by atoms with Gasteiger partial charge in [-0.3, -0.25) is 28.8 Å². The van der Waals surface area contributed by atoms with Crippen LogP contribution in [0.5, 0.6) is 0 Å². The second-order valence-electron chi connectivity index (χ2n) is 7.62. The molecule has 19 N–H and O–H groups in total. The van der Waals surface area contributed by atoms with Crippen molar-refractivity contribution in [3.8, 4) is 0 Å². The molecule has 18 nitrogen and oxygen atoms in total. The van der Waals surface area contributed by atoms with Crippen LogP contribution in [-0.2, 0) is 28.8 Å². The summed E-state index contributed by atoms with van der Waals surface area (Å²) in [6.45, 7) is 1.21. The first-order valence-electron chi connectivity index (χ1n) is 11.3. The van der Waals surface area contributed by atoms with Gasteiger partial charge < -0.3 is 65.7 Å². The van der Waals surface area contributed by atoms with Crippen LogP contribution in [0.2, 0.25) is 0 Å². The van der Waals surface area contributed by atoms with Crippen molar-refractivity contribution in [2.75, 3.05) is 13.1 Å². The van der Waals surface area contributed by atoms with Crippen LogP contribution in [0.1, 0.15) is 51.4 Å². The quantitative estimate of drug-likeness (QED) is 0.0808. The zero-order valence-electron chi connectivity index (χ0n) is 21.1. The van der Waals surface area contributed by atoms with E-state index in [0.29, 0.717) is 25.9 Å².